The molecule has 1 atom stereocenters. The summed E-state index contributed by atoms with van der Waals surface area (Å²) in [7, 11) is 0. The van der Waals surface area contributed by atoms with Gasteiger partial charge in [-0.1, -0.05) is 40.2 Å². The number of piperidine rings is 1. The molecule has 0 radical (unpaired) electrons. The number of aromatic nitrogens is 2. The number of anilines is 1. The van der Waals surface area contributed by atoms with Crippen molar-refractivity contribution in [2.45, 2.75) is 19.4 Å². The average molecular weight is 441 g/mol. The minimum Gasteiger partial charge on any atom is -0.352 e. The van der Waals surface area contributed by atoms with E-state index < -0.39 is 0 Å². The number of benzene rings is 2. The molecule has 0 aliphatic carbocycles. The van der Waals surface area contributed by atoms with Crippen molar-refractivity contribution >= 4 is 38.7 Å². The molecule has 1 amide bonds. The lowest BCUT2D eigenvalue weighted by molar-refractivity contribution is -0.125. The van der Waals surface area contributed by atoms with Crippen LogP contribution < -0.4 is 15.8 Å². The fourth-order valence-electron chi connectivity index (χ4n) is 3.60. The summed E-state index contributed by atoms with van der Waals surface area (Å²) >= 11 is 3.44. The number of amides is 1. The van der Waals surface area contributed by atoms with Gasteiger partial charge in [0.2, 0.25) is 5.91 Å². The van der Waals surface area contributed by atoms with Crippen LogP contribution in [0.2, 0.25) is 0 Å². The molecule has 2 aromatic carbocycles. The SMILES string of the molecule is O=C(NCc1cccc(Br)c1)[C@@H]1CCCN(c2nc3ccccc3[nH]c2=O)C1. The van der Waals surface area contributed by atoms with Crippen molar-refractivity contribution in [3.05, 3.63) is 68.9 Å². The molecule has 2 heterocycles. The smallest absolute Gasteiger partial charge is 0.291 e. The number of halogens is 1. The first-order valence-electron chi connectivity index (χ1n) is 9.36. The first-order chi connectivity index (χ1) is 13.6. The molecule has 3 aromatic rings. The van der Waals surface area contributed by atoms with E-state index in [-0.39, 0.29) is 17.4 Å². The van der Waals surface area contributed by atoms with Crippen LogP contribution in [-0.2, 0) is 11.3 Å². The maximum Gasteiger partial charge on any atom is 0.291 e. The zero-order valence-corrected chi connectivity index (χ0v) is 16.9. The molecule has 6 nitrogen and oxygen atoms in total. The molecule has 144 valence electrons. The van der Waals surface area contributed by atoms with Gasteiger partial charge in [0.15, 0.2) is 5.82 Å². The second-order valence-electron chi connectivity index (χ2n) is 7.04. The number of nitrogens with zero attached hydrogens (tertiary/aromatic N) is 2. The van der Waals surface area contributed by atoms with Crippen molar-refractivity contribution in [1.29, 1.82) is 0 Å². The Morgan fingerprint density at radius 2 is 2.11 bits per heavy atom. The number of fused-ring (bicyclic) bond motifs is 1. The quantitative estimate of drug-likeness (QED) is 0.652. The molecule has 4 rings (SSSR count). The van der Waals surface area contributed by atoms with Gasteiger partial charge in [0, 0.05) is 24.1 Å². The van der Waals surface area contributed by atoms with Crippen LogP contribution in [0, 0.1) is 5.92 Å². The average Bonchev–Trinajstić information content (AvgIpc) is 2.71. The summed E-state index contributed by atoms with van der Waals surface area (Å²) in [5.74, 6) is 0.249. The number of H-pyrrole nitrogens is 1. The highest BCUT2D eigenvalue weighted by Crippen LogP contribution is 2.21. The summed E-state index contributed by atoms with van der Waals surface area (Å²) in [4.78, 5) is 34.5. The Morgan fingerprint density at radius 1 is 1.25 bits per heavy atom. The van der Waals surface area contributed by atoms with Gasteiger partial charge in [-0.2, -0.15) is 0 Å². The van der Waals surface area contributed by atoms with E-state index in [0.717, 1.165) is 40.5 Å². The normalized spacial score (nSPS) is 16.9. The highest BCUT2D eigenvalue weighted by atomic mass is 79.9. The van der Waals surface area contributed by atoms with E-state index in [1.807, 2.05) is 53.4 Å². The van der Waals surface area contributed by atoms with Crippen LogP contribution in [0.4, 0.5) is 5.82 Å². The molecule has 1 aromatic heterocycles. The number of carbonyl (C=O) groups is 1. The zero-order chi connectivity index (χ0) is 19.5. The molecule has 0 spiro atoms. The molecular weight excluding hydrogens is 420 g/mol. The molecule has 0 saturated carbocycles. The molecule has 1 aliphatic rings. The molecule has 1 fully saturated rings. The van der Waals surface area contributed by atoms with Gasteiger partial charge in [-0.3, -0.25) is 9.59 Å². The molecule has 28 heavy (non-hydrogen) atoms. The van der Waals surface area contributed by atoms with Crippen molar-refractivity contribution in [1.82, 2.24) is 15.3 Å². The summed E-state index contributed by atoms with van der Waals surface area (Å²) in [6.45, 7) is 1.71. The number of para-hydroxylation sites is 2. The van der Waals surface area contributed by atoms with Crippen molar-refractivity contribution < 1.29 is 4.79 Å². The van der Waals surface area contributed by atoms with Crippen LogP contribution in [-0.4, -0.2) is 29.0 Å². The predicted molar refractivity (Wildman–Crippen MR) is 113 cm³/mol. The molecule has 7 heteroatoms. The molecule has 1 saturated heterocycles. The van der Waals surface area contributed by atoms with Crippen molar-refractivity contribution in [3.63, 3.8) is 0 Å². The number of carbonyl (C=O) groups excluding carboxylic acids is 1. The van der Waals surface area contributed by atoms with E-state index in [4.69, 9.17) is 0 Å². The van der Waals surface area contributed by atoms with Gasteiger partial charge >= 0.3 is 0 Å². The van der Waals surface area contributed by atoms with E-state index in [1.165, 1.54) is 0 Å². The van der Waals surface area contributed by atoms with Crippen molar-refractivity contribution in [3.8, 4) is 0 Å². The van der Waals surface area contributed by atoms with E-state index in [2.05, 4.69) is 31.2 Å². The van der Waals surface area contributed by atoms with Crippen LogP contribution in [0.5, 0.6) is 0 Å². The topological polar surface area (TPSA) is 78.1 Å². The second kappa shape index (κ2) is 8.14. The number of nitrogens with one attached hydrogen (secondary N) is 2. The van der Waals surface area contributed by atoms with Gasteiger partial charge in [-0.25, -0.2) is 4.98 Å². The Bertz CT molecular complexity index is 1070. The number of hydrogen-bond donors (Lipinski definition) is 2. The summed E-state index contributed by atoms with van der Waals surface area (Å²) in [5.41, 5.74) is 2.30. The van der Waals surface area contributed by atoms with Crippen LogP contribution in [0.15, 0.2) is 57.8 Å². The maximum atomic E-state index is 12.7. The van der Waals surface area contributed by atoms with E-state index in [1.54, 1.807) is 0 Å². The van der Waals surface area contributed by atoms with Crippen LogP contribution in [0.25, 0.3) is 11.0 Å². The summed E-state index contributed by atoms with van der Waals surface area (Å²) < 4.78 is 0.990. The number of hydrogen-bond acceptors (Lipinski definition) is 4. The van der Waals surface area contributed by atoms with Crippen molar-refractivity contribution in [2.24, 2.45) is 5.92 Å². The minimum atomic E-state index is -0.214. The second-order valence-corrected chi connectivity index (χ2v) is 7.96. The minimum absolute atomic E-state index is 0.0156. The Morgan fingerprint density at radius 3 is 2.96 bits per heavy atom. The lowest BCUT2D eigenvalue weighted by Crippen LogP contribution is -2.44. The highest BCUT2D eigenvalue weighted by Gasteiger charge is 2.27. The first kappa shape index (κ1) is 18.7. The third-order valence-electron chi connectivity index (χ3n) is 5.03. The van der Waals surface area contributed by atoms with Crippen LogP contribution in [0.1, 0.15) is 18.4 Å². The molecule has 2 N–H and O–H groups in total. The van der Waals surface area contributed by atoms with Gasteiger partial charge < -0.3 is 15.2 Å². The maximum absolute atomic E-state index is 12.7. The van der Waals surface area contributed by atoms with Gasteiger partial charge in [-0.15, -0.1) is 0 Å². The molecule has 0 bridgehead atoms. The van der Waals surface area contributed by atoms with Crippen molar-refractivity contribution in [2.75, 3.05) is 18.0 Å². The summed E-state index contributed by atoms with van der Waals surface area (Å²) in [6, 6.07) is 15.4. The highest BCUT2D eigenvalue weighted by molar-refractivity contribution is 9.10. The van der Waals surface area contributed by atoms with E-state index >= 15 is 0 Å². The van der Waals surface area contributed by atoms with Gasteiger partial charge in [0.1, 0.15) is 0 Å². The Hall–Kier alpha value is -2.67. The van der Waals surface area contributed by atoms with Gasteiger partial charge in [-0.05, 0) is 42.7 Å². The van der Waals surface area contributed by atoms with E-state index in [9.17, 15) is 9.59 Å². The third-order valence-corrected chi connectivity index (χ3v) is 5.52. The number of rotatable bonds is 4. The molecule has 0 unspecified atom stereocenters. The fourth-order valence-corrected chi connectivity index (χ4v) is 4.04. The summed E-state index contributed by atoms with van der Waals surface area (Å²) in [6.07, 6.45) is 1.66. The van der Waals surface area contributed by atoms with E-state index in [0.29, 0.717) is 18.9 Å². The third kappa shape index (κ3) is 4.09. The van der Waals surface area contributed by atoms with Crippen LogP contribution >= 0.6 is 15.9 Å². The van der Waals surface area contributed by atoms with Crippen LogP contribution in [0.3, 0.4) is 0 Å². The Kier molecular flexibility index (Phi) is 5.43. The van der Waals surface area contributed by atoms with Gasteiger partial charge in [0.25, 0.3) is 5.56 Å². The largest absolute Gasteiger partial charge is 0.352 e. The summed E-state index contributed by atoms with van der Waals surface area (Å²) in [5, 5.41) is 3.02. The number of aromatic amines is 1. The monoisotopic (exact) mass is 440 g/mol. The standard InChI is InChI=1S/C21H21BrN4O2/c22-16-7-3-5-14(11-16)12-23-20(27)15-6-4-10-26(13-15)19-21(28)25-18-9-2-1-8-17(18)24-19/h1-3,5,7-9,11,15H,4,6,10,12-13H2,(H,23,27)(H,25,28)/t15-/m1/s1. The van der Waals surface area contributed by atoms with Gasteiger partial charge in [0.05, 0.1) is 17.0 Å². The predicted octanol–water partition coefficient (Wildman–Crippen LogP) is 3.22. The molecular formula is C21H21BrN4O2. The fraction of sp³-hybridized carbons (Fsp3) is 0.286. The Balaban J connectivity index is 1.46. The lowest BCUT2D eigenvalue weighted by Gasteiger charge is -2.32. The lowest BCUT2D eigenvalue weighted by atomic mass is 9.97. The molecule has 1 aliphatic heterocycles. The zero-order valence-electron chi connectivity index (χ0n) is 15.3. The Labute approximate surface area is 171 Å². The first-order valence-corrected chi connectivity index (χ1v) is 10.2.